The molecule has 15 heavy (non-hydrogen) atoms. The van der Waals surface area contributed by atoms with E-state index < -0.39 is 5.72 Å². The van der Waals surface area contributed by atoms with E-state index in [4.69, 9.17) is 9.57 Å². The second-order valence-corrected chi connectivity index (χ2v) is 4.11. The summed E-state index contributed by atoms with van der Waals surface area (Å²) in [5.41, 5.74) is 0.680. The van der Waals surface area contributed by atoms with Crippen LogP contribution in [0.2, 0.25) is 0 Å². The molecule has 3 nitrogen and oxygen atoms in total. The van der Waals surface area contributed by atoms with Crippen molar-refractivity contribution in [3.8, 4) is 0 Å². The van der Waals surface area contributed by atoms with Gasteiger partial charge in [0.15, 0.2) is 5.72 Å². The highest BCUT2D eigenvalue weighted by molar-refractivity contribution is 9.07. The van der Waals surface area contributed by atoms with Gasteiger partial charge in [-0.3, -0.25) is 4.84 Å². The second kappa shape index (κ2) is 5.61. The molecule has 1 atom stereocenters. The summed E-state index contributed by atoms with van der Waals surface area (Å²) in [5, 5.41) is 0. The van der Waals surface area contributed by atoms with Crippen LogP contribution in [0.15, 0.2) is 30.3 Å². The van der Waals surface area contributed by atoms with Gasteiger partial charge in [-0.1, -0.05) is 34.4 Å². The van der Waals surface area contributed by atoms with Crippen LogP contribution in [-0.2, 0) is 16.0 Å². The van der Waals surface area contributed by atoms with E-state index in [0.29, 0.717) is 0 Å². The molecule has 0 aliphatic heterocycles. The molecule has 1 rings (SSSR count). The van der Waals surface area contributed by atoms with E-state index in [1.54, 1.807) is 14.2 Å². The molecule has 0 saturated heterocycles. The molecular formula is C11H16BrNO2. The molecule has 0 saturated carbocycles. The summed E-state index contributed by atoms with van der Waals surface area (Å²) < 4.78 is 6.98. The first-order valence-electron chi connectivity index (χ1n) is 4.71. The van der Waals surface area contributed by atoms with Gasteiger partial charge in [-0.25, -0.2) is 0 Å². The molecule has 1 aromatic carbocycles. The Morgan fingerprint density at radius 2 is 1.87 bits per heavy atom. The van der Waals surface area contributed by atoms with Crippen molar-refractivity contribution < 1.29 is 9.57 Å². The summed E-state index contributed by atoms with van der Waals surface area (Å²) in [6.07, 6.45) is 0.740. The first-order valence-corrected chi connectivity index (χ1v) is 5.42. The van der Waals surface area contributed by atoms with Gasteiger partial charge in [-0.05, 0) is 12.5 Å². The normalized spacial score (nSPS) is 15.3. The Hall–Kier alpha value is -0.420. The van der Waals surface area contributed by atoms with E-state index in [9.17, 15) is 0 Å². The van der Waals surface area contributed by atoms with Crippen LogP contribution in [0.5, 0.6) is 0 Å². The quantitative estimate of drug-likeness (QED) is 0.468. The summed E-state index contributed by atoms with van der Waals surface area (Å²) in [5.74, 6) is 0. The zero-order valence-electron chi connectivity index (χ0n) is 9.24. The Morgan fingerprint density at radius 3 is 2.33 bits per heavy atom. The van der Waals surface area contributed by atoms with E-state index in [0.717, 1.165) is 6.42 Å². The molecule has 0 spiro atoms. The van der Waals surface area contributed by atoms with Crippen molar-refractivity contribution >= 4 is 16.1 Å². The highest BCUT2D eigenvalue weighted by Gasteiger charge is 2.31. The lowest BCUT2D eigenvalue weighted by atomic mass is 10.1. The van der Waals surface area contributed by atoms with Gasteiger partial charge in [0.25, 0.3) is 0 Å². The molecule has 0 aliphatic carbocycles. The van der Waals surface area contributed by atoms with Crippen LogP contribution in [0, 0.1) is 0 Å². The highest BCUT2D eigenvalue weighted by atomic mass is 79.9. The number of halogens is 1. The second-order valence-electron chi connectivity index (χ2n) is 3.47. The van der Waals surface area contributed by atoms with Crippen molar-refractivity contribution in [3.63, 3.8) is 0 Å². The van der Waals surface area contributed by atoms with Gasteiger partial charge in [-0.15, -0.1) is 0 Å². The smallest absolute Gasteiger partial charge is 0.156 e. The van der Waals surface area contributed by atoms with Gasteiger partial charge in [0.1, 0.15) is 0 Å². The number of benzene rings is 1. The van der Waals surface area contributed by atoms with E-state index in [2.05, 4.69) is 28.3 Å². The lowest BCUT2D eigenvalue weighted by molar-refractivity contribution is -0.210. The number of hydrogen-bond acceptors (Lipinski definition) is 3. The fraction of sp³-hybridized carbons (Fsp3) is 0.455. The van der Waals surface area contributed by atoms with Crippen molar-refractivity contribution in [1.82, 2.24) is 4.09 Å². The predicted molar refractivity (Wildman–Crippen MR) is 63.3 cm³/mol. The van der Waals surface area contributed by atoms with Crippen LogP contribution in [0.25, 0.3) is 0 Å². The number of ether oxygens (including phenoxy) is 1. The Bertz CT molecular complexity index is 294. The van der Waals surface area contributed by atoms with Crippen LogP contribution < -0.4 is 0 Å². The van der Waals surface area contributed by atoms with Crippen molar-refractivity contribution in [2.45, 2.75) is 19.1 Å². The molecule has 0 bridgehead atoms. The SMILES string of the molecule is CON(Br)C(C)(Cc1ccccc1)OC. The lowest BCUT2D eigenvalue weighted by Crippen LogP contribution is -2.43. The molecule has 0 amide bonds. The predicted octanol–water partition coefficient (Wildman–Crippen LogP) is 2.77. The minimum atomic E-state index is -0.518. The Morgan fingerprint density at radius 1 is 1.27 bits per heavy atom. The lowest BCUT2D eigenvalue weighted by Gasteiger charge is -2.33. The topological polar surface area (TPSA) is 21.7 Å². The van der Waals surface area contributed by atoms with Gasteiger partial charge in [0, 0.05) is 29.7 Å². The fourth-order valence-corrected chi connectivity index (χ4v) is 1.64. The molecular weight excluding hydrogens is 258 g/mol. The molecule has 0 radical (unpaired) electrons. The third-order valence-electron chi connectivity index (χ3n) is 2.35. The van der Waals surface area contributed by atoms with Crippen molar-refractivity contribution in [1.29, 1.82) is 0 Å². The van der Waals surface area contributed by atoms with Gasteiger partial charge < -0.3 is 4.74 Å². The fourth-order valence-electron chi connectivity index (χ4n) is 1.37. The maximum Gasteiger partial charge on any atom is 0.156 e. The molecule has 0 aliphatic rings. The molecule has 0 aromatic heterocycles. The third-order valence-corrected chi connectivity index (χ3v) is 3.39. The molecule has 1 unspecified atom stereocenters. The Kier molecular flexibility index (Phi) is 4.73. The van der Waals surface area contributed by atoms with Crippen molar-refractivity contribution in [2.75, 3.05) is 14.2 Å². The van der Waals surface area contributed by atoms with Crippen LogP contribution >= 0.6 is 16.1 Å². The van der Waals surface area contributed by atoms with Crippen molar-refractivity contribution in [3.05, 3.63) is 35.9 Å². The molecule has 0 heterocycles. The zero-order valence-corrected chi connectivity index (χ0v) is 10.8. The van der Waals surface area contributed by atoms with E-state index in [1.807, 2.05) is 25.1 Å². The number of nitrogens with zero attached hydrogens (tertiary/aromatic N) is 1. The summed E-state index contributed by atoms with van der Waals surface area (Å²) in [7, 11) is 3.26. The van der Waals surface area contributed by atoms with Gasteiger partial charge in [0.05, 0.1) is 7.11 Å². The zero-order chi connectivity index (χ0) is 11.3. The minimum Gasteiger partial charge on any atom is -0.360 e. The average Bonchev–Trinajstić information content (AvgIpc) is 2.29. The maximum atomic E-state index is 5.45. The van der Waals surface area contributed by atoms with E-state index in [-0.39, 0.29) is 0 Å². The summed E-state index contributed by atoms with van der Waals surface area (Å²) in [4.78, 5) is 5.10. The summed E-state index contributed by atoms with van der Waals surface area (Å²) in [6.45, 7) is 1.96. The first kappa shape index (κ1) is 12.6. The molecule has 84 valence electrons. The van der Waals surface area contributed by atoms with Gasteiger partial charge in [-0.2, -0.15) is 0 Å². The molecule has 0 fully saturated rings. The standard InChI is InChI=1S/C11H16BrNO2/c1-11(14-2,13(12)15-3)9-10-7-5-4-6-8-10/h4-8H,9H2,1-3H3. The average molecular weight is 274 g/mol. The van der Waals surface area contributed by atoms with Gasteiger partial charge in [0.2, 0.25) is 0 Å². The maximum absolute atomic E-state index is 5.45. The number of hydroxylamine groups is 1. The molecule has 1 aromatic rings. The molecule has 4 heteroatoms. The van der Waals surface area contributed by atoms with Crippen LogP contribution in [0.4, 0.5) is 0 Å². The largest absolute Gasteiger partial charge is 0.360 e. The number of rotatable bonds is 5. The molecule has 0 N–H and O–H groups in total. The number of hydrogen-bond donors (Lipinski definition) is 0. The Balaban J connectivity index is 2.77. The monoisotopic (exact) mass is 273 g/mol. The number of methoxy groups -OCH3 is 1. The van der Waals surface area contributed by atoms with Crippen LogP contribution in [0.3, 0.4) is 0 Å². The Labute approximate surface area is 99.3 Å². The van der Waals surface area contributed by atoms with Gasteiger partial charge >= 0.3 is 0 Å². The first-order chi connectivity index (χ1) is 7.12. The van der Waals surface area contributed by atoms with E-state index in [1.165, 1.54) is 9.65 Å². The summed E-state index contributed by atoms with van der Waals surface area (Å²) >= 11 is 3.30. The van der Waals surface area contributed by atoms with Crippen molar-refractivity contribution in [2.24, 2.45) is 0 Å². The minimum absolute atomic E-state index is 0.518. The van der Waals surface area contributed by atoms with E-state index >= 15 is 0 Å². The van der Waals surface area contributed by atoms with Crippen LogP contribution in [-0.4, -0.2) is 24.0 Å². The van der Waals surface area contributed by atoms with Crippen LogP contribution in [0.1, 0.15) is 12.5 Å². The third kappa shape index (κ3) is 3.28. The summed E-state index contributed by atoms with van der Waals surface area (Å²) in [6, 6.07) is 10.1. The highest BCUT2D eigenvalue weighted by Crippen LogP contribution is 2.24.